The first-order valence-corrected chi connectivity index (χ1v) is 13.6. The van der Waals surface area contributed by atoms with Crippen molar-refractivity contribution in [2.24, 2.45) is 0 Å². The van der Waals surface area contributed by atoms with Gasteiger partial charge in [-0.3, -0.25) is 0 Å². The lowest BCUT2D eigenvalue weighted by atomic mass is 10.1. The number of hydrogen-bond acceptors (Lipinski definition) is 4. The molecule has 0 spiro atoms. The van der Waals surface area contributed by atoms with Crippen molar-refractivity contribution in [1.82, 2.24) is 0 Å². The van der Waals surface area contributed by atoms with Crippen LogP contribution < -0.4 is 0 Å². The highest BCUT2D eigenvalue weighted by atomic mass is 16.6. The molecule has 0 N–H and O–H groups in total. The van der Waals surface area contributed by atoms with Crippen LogP contribution in [0.3, 0.4) is 0 Å². The Morgan fingerprint density at radius 3 is 1.63 bits per heavy atom. The number of carbonyl (C=O) groups excluding carboxylic acids is 1. The maximum Gasteiger partial charge on any atom is 0.331 e. The Morgan fingerprint density at radius 2 is 1.09 bits per heavy atom. The lowest BCUT2D eigenvalue weighted by Gasteiger charge is -2.17. The molecule has 0 saturated carbocycles. The van der Waals surface area contributed by atoms with E-state index < -0.39 is 5.97 Å². The van der Waals surface area contributed by atoms with Crippen molar-refractivity contribution < 1.29 is 19.0 Å². The van der Waals surface area contributed by atoms with Crippen molar-refractivity contribution in [2.45, 2.75) is 91.1 Å². The molecule has 0 rings (SSSR count). The van der Waals surface area contributed by atoms with Gasteiger partial charge in [0.2, 0.25) is 0 Å². The van der Waals surface area contributed by atoms with Gasteiger partial charge >= 0.3 is 5.97 Å². The molecular formula is C31H50O4. The van der Waals surface area contributed by atoms with Gasteiger partial charge in [-0.15, -0.1) is 0 Å². The van der Waals surface area contributed by atoms with Crippen LogP contribution in [0.15, 0.2) is 72.9 Å². The van der Waals surface area contributed by atoms with Crippen LogP contribution in [-0.4, -0.2) is 38.5 Å². The zero-order chi connectivity index (χ0) is 25.7. The summed E-state index contributed by atoms with van der Waals surface area (Å²) in [7, 11) is 0. The van der Waals surface area contributed by atoms with E-state index >= 15 is 0 Å². The average molecular weight is 487 g/mol. The molecule has 0 atom stereocenters. The highest BCUT2D eigenvalue weighted by Crippen LogP contribution is 2.08. The fourth-order valence-corrected chi connectivity index (χ4v) is 3.08. The largest absolute Gasteiger partial charge is 0.454 e. The third kappa shape index (κ3) is 26.3. The van der Waals surface area contributed by atoms with Crippen LogP contribution in [0, 0.1) is 0 Å². The molecule has 0 bridgehead atoms. The number of esters is 1. The number of ether oxygens (including phenoxy) is 3. The number of hydrogen-bond donors (Lipinski definition) is 0. The topological polar surface area (TPSA) is 44.8 Å². The normalized spacial score (nSPS) is 12.8. The van der Waals surface area contributed by atoms with Gasteiger partial charge in [-0.05, 0) is 25.7 Å². The van der Waals surface area contributed by atoms with Gasteiger partial charge in [0.05, 0.1) is 13.2 Å². The molecule has 0 aromatic heterocycles. The minimum Gasteiger partial charge on any atom is -0.454 e. The van der Waals surface area contributed by atoms with Crippen LogP contribution >= 0.6 is 0 Å². The lowest BCUT2D eigenvalue weighted by Crippen LogP contribution is -2.28. The highest BCUT2D eigenvalue weighted by molar-refractivity contribution is 5.82. The van der Waals surface area contributed by atoms with E-state index in [-0.39, 0.29) is 6.10 Å². The van der Waals surface area contributed by atoms with E-state index in [0.717, 1.165) is 19.3 Å². The SMILES string of the molecule is CCCCCCCCC/C=C/C=C/C=C/C=C/C=C/C=C/C(=O)OC(COCCC)COCCC. The van der Waals surface area contributed by atoms with Crippen molar-refractivity contribution in [2.75, 3.05) is 26.4 Å². The van der Waals surface area contributed by atoms with Crippen molar-refractivity contribution in [3.63, 3.8) is 0 Å². The van der Waals surface area contributed by atoms with Crippen LogP contribution in [0.25, 0.3) is 0 Å². The molecule has 4 nitrogen and oxygen atoms in total. The van der Waals surface area contributed by atoms with Crippen molar-refractivity contribution in [3.05, 3.63) is 72.9 Å². The van der Waals surface area contributed by atoms with E-state index in [9.17, 15) is 4.79 Å². The van der Waals surface area contributed by atoms with Crippen LogP contribution in [0.1, 0.15) is 85.0 Å². The predicted molar refractivity (Wildman–Crippen MR) is 150 cm³/mol. The summed E-state index contributed by atoms with van der Waals surface area (Å²) in [5.41, 5.74) is 0. The lowest BCUT2D eigenvalue weighted by molar-refractivity contribution is -0.150. The summed E-state index contributed by atoms with van der Waals surface area (Å²) in [5, 5.41) is 0. The van der Waals surface area contributed by atoms with Gasteiger partial charge in [0.25, 0.3) is 0 Å². The van der Waals surface area contributed by atoms with E-state index in [4.69, 9.17) is 14.2 Å². The van der Waals surface area contributed by atoms with Gasteiger partial charge in [-0.2, -0.15) is 0 Å². The molecule has 0 aliphatic rings. The fraction of sp³-hybridized carbons (Fsp3) is 0.581. The molecule has 0 heterocycles. The summed E-state index contributed by atoms with van der Waals surface area (Å²) in [6.07, 6.45) is 35.1. The van der Waals surface area contributed by atoms with E-state index in [2.05, 4.69) is 25.2 Å². The summed E-state index contributed by atoms with van der Waals surface area (Å²) in [4.78, 5) is 12.0. The molecule has 0 aliphatic carbocycles. The number of rotatable bonds is 23. The molecule has 198 valence electrons. The molecule has 0 aromatic carbocycles. The van der Waals surface area contributed by atoms with Crippen LogP contribution in [-0.2, 0) is 19.0 Å². The van der Waals surface area contributed by atoms with E-state index in [0.29, 0.717) is 26.4 Å². The van der Waals surface area contributed by atoms with Gasteiger partial charge in [0.15, 0.2) is 0 Å². The zero-order valence-electron chi connectivity index (χ0n) is 22.5. The summed E-state index contributed by atoms with van der Waals surface area (Å²) < 4.78 is 16.4. The Morgan fingerprint density at radius 1 is 0.600 bits per heavy atom. The third-order valence-corrected chi connectivity index (χ3v) is 4.93. The Bertz CT molecular complexity index is 630. The van der Waals surface area contributed by atoms with Crippen molar-refractivity contribution in [1.29, 1.82) is 0 Å². The summed E-state index contributed by atoms with van der Waals surface area (Å²) in [6.45, 7) is 8.34. The van der Waals surface area contributed by atoms with Gasteiger partial charge in [0, 0.05) is 19.3 Å². The van der Waals surface area contributed by atoms with Gasteiger partial charge in [-0.1, -0.05) is 126 Å². The molecule has 0 aromatic rings. The van der Waals surface area contributed by atoms with E-state index in [1.807, 2.05) is 50.3 Å². The quantitative estimate of drug-likeness (QED) is 0.0631. The summed E-state index contributed by atoms with van der Waals surface area (Å²) in [5.74, 6) is -0.395. The second-order valence-corrected chi connectivity index (χ2v) is 8.45. The Kier molecular flexibility index (Phi) is 26.3. The van der Waals surface area contributed by atoms with Gasteiger partial charge in [0.1, 0.15) is 6.10 Å². The standard InChI is InChI=1S/C31H50O4/c1-4-7-8-9-10-11-12-13-14-15-16-17-18-19-20-21-22-23-24-25-31(32)35-30(28-33-26-5-2)29-34-27-6-3/h14-25,30H,4-13,26-29H2,1-3H3/b15-14+,17-16+,19-18+,21-20+,23-22+,25-24+. The van der Waals surface area contributed by atoms with Crippen LogP contribution in [0.5, 0.6) is 0 Å². The van der Waals surface area contributed by atoms with Gasteiger partial charge < -0.3 is 14.2 Å². The third-order valence-electron chi connectivity index (χ3n) is 4.93. The van der Waals surface area contributed by atoms with Crippen molar-refractivity contribution in [3.8, 4) is 0 Å². The van der Waals surface area contributed by atoms with Crippen LogP contribution in [0.4, 0.5) is 0 Å². The van der Waals surface area contributed by atoms with Crippen molar-refractivity contribution >= 4 is 5.97 Å². The second-order valence-electron chi connectivity index (χ2n) is 8.45. The molecule has 0 radical (unpaired) electrons. The first kappa shape index (κ1) is 32.8. The molecule has 0 aliphatic heterocycles. The summed E-state index contributed by atoms with van der Waals surface area (Å²) in [6, 6.07) is 0. The Labute approximate surface area is 215 Å². The molecule has 0 fully saturated rings. The van der Waals surface area contributed by atoms with Gasteiger partial charge in [-0.25, -0.2) is 4.79 Å². The first-order valence-electron chi connectivity index (χ1n) is 13.6. The molecule has 0 saturated heterocycles. The van der Waals surface area contributed by atoms with E-state index in [1.54, 1.807) is 12.2 Å². The Balaban J connectivity index is 4.01. The zero-order valence-corrected chi connectivity index (χ0v) is 22.5. The molecular weight excluding hydrogens is 436 g/mol. The molecule has 35 heavy (non-hydrogen) atoms. The average Bonchev–Trinajstić information content (AvgIpc) is 2.85. The van der Waals surface area contributed by atoms with E-state index in [1.165, 1.54) is 51.0 Å². The molecule has 4 heteroatoms. The second kappa shape index (κ2) is 28.1. The molecule has 0 unspecified atom stereocenters. The first-order chi connectivity index (χ1) is 17.2. The number of allylic oxidation sites excluding steroid dienone is 11. The van der Waals surface area contributed by atoms with Crippen LogP contribution in [0.2, 0.25) is 0 Å². The maximum absolute atomic E-state index is 12.0. The number of carbonyl (C=O) groups is 1. The minimum atomic E-state index is -0.395. The highest BCUT2D eigenvalue weighted by Gasteiger charge is 2.13. The smallest absolute Gasteiger partial charge is 0.331 e. The predicted octanol–water partition coefficient (Wildman–Crippen LogP) is 8.23. The molecule has 0 amide bonds. The minimum absolute atomic E-state index is 0.353. The number of unbranched alkanes of at least 4 members (excludes halogenated alkanes) is 7. The Hall–Kier alpha value is -2.17. The maximum atomic E-state index is 12.0. The summed E-state index contributed by atoms with van der Waals surface area (Å²) >= 11 is 0. The fourth-order valence-electron chi connectivity index (χ4n) is 3.08. The monoisotopic (exact) mass is 486 g/mol.